The second kappa shape index (κ2) is 18.6. The number of hydrogen-bond acceptors (Lipinski definition) is 0. The second-order valence-corrected chi connectivity index (χ2v) is 25.4. The van der Waals surface area contributed by atoms with Gasteiger partial charge in [-0.2, -0.15) is 0 Å². The molecule has 0 nitrogen and oxygen atoms in total. The normalized spacial score (nSPS) is 16.7. The first-order chi connectivity index (χ1) is 41.6. The molecule has 0 saturated carbocycles. The molecule has 0 spiro atoms. The fraction of sp³-hybridized carbons (Fsp3) is 0.106. The summed E-state index contributed by atoms with van der Waals surface area (Å²) in [4.78, 5) is 0. The van der Waals surface area contributed by atoms with Gasteiger partial charge in [-0.3, -0.25) is 0 Å². The van der Waals surface area contributed by atoms with Crippen molar-refractivity contribution in [3.63, 3.8) is 0 Å². The van der Waals surface area contributed by atoms with E-state index in [0.29, 0.717) is 0 Å². The summed E-state index contributed by atoms with van der Waals surface area (Å²) in [5, 5.41) is 12.8. The van der Waals surface area contributed by atoms with Gasteiger partial charge >= 0.3 is 0 Å². The van der Waals surface area contributed by atoms with Crippen molar-refractivity contribution in [2.75, 3.05) is 0 Å². The molecular weight excluding hydrogens is 1020 g/mol. The van der Waals surface area contributed by atoms with Crippen molar-refractivity contribution in [1.82, 2.24) is 0 Å². The quantitative estimate of drug-likeness (QED) is 0.146. The van der Waals surface area contributed by atoms with Gasteiger partial charge < -0.3 is 0 Å². The molecule has 0 aromatic heterocycles. The predicted octanol–water partition coefficient (Wildman–Crippen LogP) is 20.7. The molecule has 13 aromatic rings. The number of fused-ring (bicyclic) bond motifs is 12. The zero-order chi connectivity index (χ0) is 56.9. The van der Waals surface area contributed by atoms with E-state index in [1.165, 1.54) is 170 Å². The fourth-order valence-electron chi connectivity index (χ4n) is 16.2. The van der Waals surface area contributed by atoms with Crippen LogP contribution in [0.15, 0.2) is 279 Å². The van der Waals surface area contributed by atoms with Gasteiger partial charge in [-0.05, 0) is 201 Å². The van der Waals surface area contributed by atoms with E-state index in [2.05, 4.69) is 308 Å². The summed E-state index contributed by atoms with van der Waals surface area (Å²) in [5.41, 5.74) is 27.4. The summed E-state index contributed by atoms with van der Waals surface area (Å²) in [6.45, 7) is 12.1. The van der Waals surface area contributed by atoms with Crippen LogP contribution in [0.1, 0.15) is 68.0 Å². The van der Waals surface area contributed by atoms with E-state index in [-0.39, 0.29) is 22.7 Å². The molecule has 85 heavy (non-hydrogen) atoms. The van der Waals surface area contributed by atoms with Crippen molar-refractivity contribution in [3.05, 3.63) is 322 Å². The van der Waals surface area contributed by atoms with Crippen LogP contribution >= 0.6 is 0 Å². The molecule has 0 N–H and O–H groups in total. The van der Waals surface area contributed by atoms with Crippen molar-refractivity contribution in [3.8, 4) is 66.8 Å². The molecule has 402 valence electrons. The minimum absolute atomic E-state index is 0.102. The minimum atomic E-state index is -0.263. The summed E-state index contributed by atoms with van der Waals surface area (Å²) in [7, 11) is 0. The van der Waals surface area contributed by atoms with Gasteiger partial charge in [0.15, 0.2) is 0 Å². The summed E-state index contributed by atoms with van der Waals surface area (Å²) in [5.74, 6) is 0.397. The van der Waals surface area contributed by atoms with Crippen LogP contribution in [0, 0.1) is 11.8 Å². The summed E-state index contributed by atoms with van der Waals surface area (Å²) in [6, 6.07) is 96.9. The number of rotatable bonds is 6. The first kappa shape index (κ1) is 49.7. The molecule has 2 unspecified atom stereocenters. The molecule has 0 heteroatoms. The van der Waals surface area contributed by atoms with Gasteiger partial charge in [0.2, 0.25) is 0 Å². The molecule has 0 fully saturated rings. The Kier molecular flexibility index (Phi) is 10.9. The first-order valence-corrected chi connectivity index (χ1v) is 30.4. The smallest absolute Gasteiger partial charge is 0.0168 e. The van der Waals surface area contributed by atoms with Gasteiger partial charge in [-0.25, -0.2) is 0 Å². The highest BCUT2D eigenvalue weighted by Crippen LogP contribution is 2.55. The molecule has 0 bridgehead atoms. The van der Waals surface area contributed by atoms with Crippen LogP contribution in [0.25, 0.3) is 121 Å². The van der Waals surface area contributed by atoms with Crippen LogP contribution in [-0.2, 0) is 10.8 Å². The maximum Gasteiger partial charge on any atom is 0.0168 e. The molecule has 2 atom stereocenters. The zero-order valence-electron chi connectivity index (χ0n) is 48.6. The van der Waals surface area contributed by atoms with E-state index in [1.807, 2.05) is 0 Å². The van der Waals surface area contributed by atoms with Gasteiger partial charge in [0.1, 0.15) is 0 Å². The lowest BCUT2D eigenvalue weighted by atomic mass is 9.67. The molecule has 0 saturated heterocycles. The van der Waals surface area contributed by atoms with Crippen LogP contribution in [-0.4, -0.2) is 0 Å². The molecule has 4 aliphatic rings. The first-order valence-electron chi connectivity index (χ1n) is 30.4. The average Bonchev–Trinajstić information content (AvgIpc) is 2.28. The van der Waals surface area contributed by atoms with Gasteiger partial charge in [0.25, 0.3) is 0 Å². The standard InChI is InChI=1S/C85H62/c1-51-23-21-39-72-77(51)81(68-35-15-18-38-71(68)83(72)82-69-36-16-13-33-66(69)80(67-34-14-17-37-70(67)82)55-41-44-59-58-28-19-20-40-73(58)84(2,3)74(59)48-55)57-43-46-61-60-45-42-56(49-75(60)85(4,5)76(61)50-57)79-64-31-11-9-29-62(64)78(63-30-10-12-32-65(63)79)54-27-22-26-53(47-54)52-24-7-6-8-25-52/h6-51,77H,1-5H3. The Bertz CT molecular complexity index is 5130. The van der Waals surface area contributed by atoms with E-state index in [1.54, 1.807) is 0 Å². The van der Waals surface area contributed by atoms with Gasteiger partial charge in [-0.1, -0.05) is 283 Å². The van der Waals surface area contributed by atoms with E-state index >= 15 is 0 Å². The number of hydrogen-bond donors (Lipinski definition) is 0. The highest BCUT2D eigenvalue weighted by molar-refractivity contribution is 6.23. The lowest BCUT2D eigenvalue weighted by molar-refractivity contribution is 0.597. The Labute approximate surface area is 497 Å². The maximum absolute atomic E-state index is 2.58. The van der Waals surface area contributed by atoms with Gasteiger partial charge in [0.05, 0.1) is 0 Å². The Morgan fingerprint density at radius 2 is 0.682 bits per heavy atom. The summed E-state index contributed by atoms with van der Waals surface area (Å²) < 4.78 is 0. The Hall–Kier alpha value is -9.88. The minimum Gasteiger partial charge on any atom is -0.0807 e. The van der Waals surface area contributed by atoms with Crippen molar-refractivity contribution in [2.24, 2.45) is 11.8 Å². The largest absolute Gasteiger partial charge is 0.0807 e. The van der Waals surface area contributed by atoms with Gasteiger partial charge in [-0.15, -0.1) is 0 Å². The van der Waals surface area contributed by atoms with Crippen molar-refractivity contribution >= 4 is 54.2 Å². The molecule has 0 amide bonds. The Morgan fingerprint density at radius 1 is 0.294 bits per heavy atom. The highest BCUT2D eigenvalue weighted by atomic mass is 14.4. The molecular formula is C85H62. The van der Waals surface area contributed by atoms with Gasteiger partial charge in [0, 0.05) is 16.7 Å². The third-order valence-corrected chi connectivity index (χ3v) is 20.2. The molecule has 0 heterocycles. The van der Waals surface area contributed by atoms with Crippen LogP contribution in [0.2, 0.25) is 0 Å². The zero-order valence-corrected chi connectivity index (χ0v) is 48.6. The monoisotopic (exact) mass is 1080 g/mol. The maximum atomic E-state index is 2.58. The van der Waals surface area contributed by atoms with Crippen LogP contribution in [0.3, 0.4) is 0 Å². The fourth-order valence-corrected chi connectivity index (χ4v) is 16.2. The van der Waals surface area contributed by atoms with E-state index < -0.39 is 0 Å². The summed E-state index contributed by atoms with van der Waals surface area (Å²) in [6.07, 6.45) is 7.21. The molecule has 17 rings (SSSR count). The Morgan fingerprint density at radius 3 is 1.22 bits per heavy atom. The topological polar surface area (TPSA) is 0 Å². The third-order valence-electron chi connectivity index (χ3n) is 20.2. The summed E-state index contributed by atoms with van der Waals surface area (Å²) >= 11 is 0. The van der Waals surface area contributed by atoms with Crippen molar-refractivity contribution < 1.29 is 0 Å². The lowest BCUT2D eigenvalue weighted by Crippen LogP contribution is -2.39. The highest BCUT2D eigenvalue weighted by Gasteiger charge is 2.40. The molecule has 0 radical (unpaired) electrons. The van der Waals surface area contributed by atoms with Crippen molar-refractivity contribution in [2.45, 2.75) is 45.4 Å². The third kappa shape index (κ3) is 7.22. The Balaban J connectivity index is 0.827. The molecule has 4 aliphatic carbocycles. The predicted molar refractivity (Wildman–Crippen MR) is 360 cm³/mol. The van der Waals surface area contributed by atoms with Crippen LogP contribution in [0.4, 0.5) is 0 Å². The van der Waals surface area contributed by atoms with E-state index in [9.17, 15) is 0 Å². The number of allylic oxidation sites excluding steroid dienone is 4. The van der Waals surface area contributed by atoms with E-state index in [4.69, 9.17) is 0 Å². The SMILES string of the molecule is CC1C=CC=C2C(c3c4ccccc4c(-c4ccc5c(c4)C(C)(C)c4ccccc4-5)c4ccccc34)=c3ccccc3=C(c3ccc4c(c3)C(C)(C)c3cc(-c5c6ccccc6c(-c6cccc(-c7ccccc7)c6)c6ccccc56)ccc3-4)C21. The molecule has 0 aliphatic heterocycles. The molecule has 13 aromatic carbocycles. The van der Waals surface area contributed by atoms with E-state index in [0.717, 1.165) is 0 Å². The second-order valence-electron chi connectivity index (χ2n) is 25.4. The van der Waals surface area contributed by atoms with Crippen LogP contribution < -0.4 is 10.4 Å². The van der Waals surface area contributed by atoms with Crippen LogP contribution in [0.5, 0.6) is 0 Å². The van der Waals surface area contributed by atoms with Crippen molar-refractivity contribution in [1.29, 1.82) is 0 Å². The number of benzene rings is 13. The average molecular weight is 1080 g/mol. The lowest BCUT2D eigenvalue weighted by Gasteiger charge is -2.36.